The molecule has 78 valence electrons. The molecule has 0 heterocycles. The summed E-state index contributed by atoms with van der Waals surface area (Å²) in [6, 6.07) is 5.60. The Kier molecular flexibility index (Phi) is 3.63. The van der Waals surface area contributed by atoms with Gasteiger partial charge in [0.25, 0.3) is 5.91 Å². The number of hydrogen-bond acceptors (Lipinski definition) is 3. The zero-order chi connectivity index (χ0) is 11.3. The van der Waals surface area contributed by atoms with Gasteiger partial charge in [0.15, 0.2) is 11.6 Å². The van der Waals surface area contributed by atoms with Crippen molar-refractivity contribution in [2.75, 3.05) is 13.7 Å². The molecule has 0 saturated heterocycles. The summed E-state index contributed by atoms with van der Waals surface area (Å²) in [7, 11) is 1.34. The molecule has 1 rings (SSSR count). The Morgan fingerprint density at radius 3 is 2.93 bits per heavy atom. The second-order valence-electron chi connectivity index (χ2n) is 2.69. The number of rotatable bonds is 3. The third-order valence-electron chi connectivity index (χ3n) is 1.74. The fourth-order valence-electron chi connectivity index (χ4n) is 1.03. The highest BCUT2D eigenvalue weighted by Crippen LogP contribution is 2.17. The summed E-state index contributed by atoms with van der Waals surface area (Å²) in [5.41, 5.74) is 0.156. The number of ether oxygens (including phenoxy) is 1. The van der Waals surface area contributed by atoms with Crippen molar-refractivity contribution in [2.24, 2.45) is 0 Å². The lowest BCUT2D eigenvalue weighted by Gasteiger charge is -2.04. The second kappa shape index (κ2) is 4.96. The summed E-state index contributed by atoms with van der Waals surface area (Å²) < 4.78 is 17.9. The molecule has 0 aliphatic carbocycles. The number of carbonyl (C=O) groups excluding carboxylic acids is 1. The van der Waals surface area contributed by atoms with Gasteiger partial charge in [0.05, 0.1) is 13.2 Å². The van der Waals surface area contributed by atoms with Gasteiger partial charge in [-0.05, 0) is 18.2 Å². The van der Waals surface area contributed by atoms with Gasteiger partial charge in [-0.15, -0.1) is 0 Å². The Bertz CT molecular complexity index is 412. The highest BCUT2D eigenvalue weighted by molar-refractivity contribution is 5.94. The van der Waals surface area contributed by atoms with Crippen LogP contribution in [0.15, 0.2) is 18.2 Å². The number of benzene rings is 1. The van der Waals surface area contributed by atoms with Crippen LogP contribution < -0.4 is 10.1 Å². The lowest BCUT2D eigenvalue weighted by atomic mass is 10.2. The first-order valence-electron chi connectivity index (χ1n) is 4.17. The van der Waals surface area contributed by atoms with Crippen LogP contribution in [0.5, 0.6) is 5.75 Å². The minimum absolute atomic E-state index is 0.0758. The molecule has 0 bridgehead atoms. The van der Waals surface area contributed by atoms with Gasteiger partial charge in [0, 0.05) is 5.56 Å². The number of halogens is 1. The van der Waals surface area contributed by atoms with Gasteiger partial charge in [-0.3, -0.25) is 4.79 Å². The van der Waals surface area contributed by atoms with Crippen molar-refractivity contribution in [3.8, 4) is 11.8 Å². The highest BCUT2D eigenvalue weighted by atomic mass is 19.1. The van der Waals surface area contributed by atoms with Gasteiger partial charge in [-0.2, -0.15) is 5.26 Å². The van der Waals surface area contributed by atoms with E-state index in [4.69, 9.17) is 10.00 Å². The molecule has 0 atom stereocenters. The lowest BCUT2D eigenvalue weighted by Crippen LogP contribution is -2.23. The molecule has 0 fully saturated rings. The topological polar surface area (TPSA) is 62.1 Å². The maximum absolute atomic E-state index is 13.2. The van der Waals surface area contributed by atoms with Gasteiger partial charge in [0.1, 0.15) is 6.54 Å². The van der Waals surface area contributed by atoms with Gasteiger partial charge in [0.2, 0.25) is 0 Å². The van der Waals surface area contributed by atoms with Crippen molar-refractivity contribution >= 4 is 5.91 Å². The first-order valence-corrected chi connectivity index (χ1v) is 4.17. The van der Waals surface area contributed by atoms with Crippen molar-refractivity contribution in [3.63, 3.8) is 0 Å². The average Bonchev–Trinajstić information content (AvgIpc) is 2.25. The molecule has 15 heavy (non-hydrogen) atoms. The summed E-state index contributed by atoms with van der Waals surface area (Å²) in [5.74, 6) is -1.02. The maximum Gasteiger partial charge on any atom is 0.252 e. The largest absolute Gasteiger partial charge is 0.494 e. The Hall–Kier alpha value is -2.09. The van der Waals surface area contributed by atoms with E-state index < -0.39 is 11.7 Å². The van der Waals surface area contributed by atoms with Crippen LogP contribution >= 0.6 is 0 Å². The first kappa shape index (κ1) is 11.0. The van der Waals surface area contributed by atoms with Crippen LogP contribution in [0.1, 0.15) is 10.4 Å². The molecule has 1 aromatic carbocycles. The van der Waals surface area contributed by atoms with Crippen molar-refractivity contribution in [1.82, 2.24) is 5.32 Å². The molecule has 0 unspecified atom stereocenters. The minimum atomic E-state index is -0.609. The van der Waals surface area contributed by atoms with E-state index in [2.05, 4.69) is 5.32 Å². The van der Waals surface area contributed by atoms with Gasteiger partial charge < -0.3 is 10.1 Å². The SMILES string of the molecule is COc1ccc(C(=O)NCC#N)cc1F. The Morgan fingerprint density at radius 1 is 1.67 bits per heavy atom. The molecule has 4 nitrogen and oxygen atoms in total. The van der Waals surface area contributed by atoms with Crippen molar-refractivity contribution < 1.29 is 13.9 Å². The molecule has 0 aliphatic rings. The van der Waals surface area contributed by atoms with Crippen LogP contribution in [0.4, 0.5) is 4.39 Å². The zero-order valence-electron chi connectivity index (χ0n) is 8.08. The number of carbonyl (C=O) groups is 1. The third-order valence-corrected chi connectivity index (χ3v) is 1.74. The first-order chi connectivity index (χ1) is 7.19. The van der Waals surface area contributed by atoms with Gasteiger partial charge >= 0.3 is 0 Å². The number of nitrogens with one attached hydrogen (secondary N) is 1. The quantitative estimate of drug-likeness (QED) is 0.756. The summed E-state index contributed by atoms with van der Waals surface area (Å²) in [6.07, 6.45) is 0. The predicted octanol–water partition coefficient (Wildman–Crippen LogP) is 1.09. The maximum atomic E-state index is 13.2. The van der Waals surface area contributed by atoms with E-state index in [0.29, 0.717) is 0 Å². The molecular weight excluding hydrogens is 199 g/mol. The van der Waals surface area contributed by atoms with E-state index in [9.17, 15) is 9.18 Å². The third kappa shape index (κ3) is 2.68. The molecule has 0 aliphatic heterocycles. The summed E-state index contributed by atoms with van der Waals surface area (Å²) in [4.78, 5) is 11.3. The van der Waals surface area contributed by atoms with E-state index in [1.54, 1.807) is 6.07 Å². The van der Waals surface area contributed by atoms with Crippen LogP contribution in [0, 0.1) is 17.1 Å². The Labute approximate surface area is 86.3 Å². The Morgan fingerprint density at radius 2 is 2.40 bits per heavy atom. The fourth-order valence-corrected chi connectivity index (χ4v) is 1.03. The molecular formula is C10H9FN2O2. The highest BCUT2D eigenvalue weighted by Gasteiger charge is 2.08. The van der Waals surface area contributed by atoms with Crippen LogP contribution in [0.3, 0.4) is 0 Å². The number of amides is 1. The molecule has 0 spiro atoms. The van der Waals surface area contributed by atoms with Crippen molar-refractivity contribution in [1.29, 1.82) is 5.26 Å². The standard InChI is InChI=1S/C10H9FN2O2/c1-15-9-3-2-7(6-8(9)11)10(14)13-5-4-12/h2-3,6H,5H2,1H3,(H,13,14). The van der Waals surface area contributed by atoms with Crippen LogP contribution in [-0.4, -0.2) is 19.6 Å². The van der Waals surface area contributed by atoms with E-state index in [-0.39, 0.29) is 17.9 Å². The summed E-state index contributed by atoms with van der Waals surface area (Å²) in [6.45, 7) is -0.105. The number of nitrogens with zero attached hydrogens (tertiary/aromatic N) is 1. The predicted molar refractivity (Wildman–Crippen MR) is 50.9 cm³/mol. The second-order valence-corrected chi connectivity index (χ2v) is 2.69. The van der Waals surface area contributed by atoms with E-state index in [1.807, 2.05) is 0 Å². The fraction of sp³-hybridized carbons (Fsp3) is 0.200. The lowest BCUT2D eigenvalue weighted by molar-refractivity contribution is 0.0958. The molecule has 1 aromatic rings. The molecule has 5 heteroatoms. The van der Waals surface area contributed by atoms with Crippen LogP contribution in [-0.2, 0) is 0 Å². The zero-order valence-corrected chi connectivity index (χ0v) is 8.08. The van der Waals surface area contributed by atoms with Gasteiger partial charge in [-0.1, -0.05) is 0 Å². The number of hydrogen-bond donors (Lipinski definition) is 1. The Balaban J connectivity index is 2.84. The molecule has 0 saturated carbocycles. The van der Waals surface area contributed by atoms with E-state index in [0.717, 1.165) is 6.07 Å². The molecule has 0 aromatic heterocycles. The monoisotopic (exact) mass is 208 g/mol. The van der Waals surface area contributed by atoms with Crippen LogP contribution in [0.25, 0.3) is 0 Å². The normalized spacial score (nSPS) is 9.13. The van der Waals surface area contributed by atoms with Crippen molar-refractivity contribution in [3.05, 3.63) is 29.6 Å². The van der Waals surface area contributed by atoms with E-state index >= 15 is 0 Å². The molecule has 1 amide bonds. The van der Waals surface area contributed by atoms with Crippen molar-refractivity contribution in [2.45, 2.75) is 0 Å². The number of nitriles is 1. The van der Waals surface area contributed by atoms with Gasteiger partial charge in [-0.25, -0.2) is 4.39 Å². The van der Waals surface area contributed by atoms with Crippen LogP contribution in [0.2, 0.25) is 0 Å². The average molecular weight is 208 g/mol. The number of methoxy groups -OCH3 is 1. The molecule has 1 N–H and O–H groups in total. The minimum Gasteiger partial charge on any atom is -0.494 e. The smallest absolute Gasteiger partial charge is 0.252 e. The summed E-state index contributed by atoms with van der Waals surface area (Å²) in [5, 5.41) is 10.5. The summed E-state index contributed by atoms with van der Waals surface area (Å²) >= 11 is 0. The van der Waals surface area contributed by atoms with E-state index in [1.165, 1.54) is 19.2 Å². The molecule has 0 radical (unpaired) electrons.